The van der Waals surface area contributed by atoms with Gasteiger partial charge in [-0.2, -0.15) is 0 Å². The molecule has 9 nitrogen and oxygen atoms in total. The van der Waals surface area contributed by atoms with E-state index in [4.69, 9.17) is 0 Å². The third-order valence-electron chi connectivity index (χ3n) is 4.22. The van der Waals surface area contributed by atoms with Crippen LogP contribution in [0.4, 0.5) is 5.82 Å². The van der Waals surface area contributed by atoms with Gasteiger partial charge in [-0.1, -0.05) is 0 Å². The van der Waals surface area contributed by atoms with Gasteiger partial charge in [-0.3, -0.25) is 9.59 Å². The highest BCUT2D eigenvalue weighted by molar-refractivity contribution is 7.91. The summed E-state index contributed by atoms with van der Waals surface area (Å²) in [4.78, 5) is 26.3. The van der Waals surface area contributed by atoms with Crippen molar-refractivity contribution >= 4 is 28.0 Å². The van der Waals surface area contributed by atoms with Crippen LogP contribution in [0, 0.1) is 0 Å². The average Bonchev–Trinajstić information content (AvgIpc) is 2.93. The molecule has 3 heterocycles. The molecule has 3 rings (SSSR count). The first kappa shape index (κ1) is 16.6. The Morgan fingerprint density at radius 3 is 2.50 bits per heavy atom. The highest BCUT2D eigenvalue weighted by Crippen LogP contribution is 2.16. The third-order valence-corrected chi connectivity index (χ3v) is 5.99. The number of piperazine rings is 1. The fraction of sp³-hybridized carbons (Fsp3) is 0.571. The first-order valence-electron chi connectivity index (χ1n) is 7.76. The Labute approximate surface area is 139 Å². The van der Waals surface area contributed by atoms with Gasteiger partial charge in [-0.15, -0.1) is 10.2 Å². The van der Waals surface area contributed by atoms with E-state index in [0.29, 0.717) is 38.4 Å². The Kier molecular flexibility index (Phi) is 4.65. The summed E-state index contributed by atoms with van der Waals surface area (Å²) in [6.07, 6.45) is 1.33. The SMILES string of the molecule is O=CN1CCN(C(=O)c2ccc(NC3CCS(=O)(=O)C3)nn2)CC1. The lowest BCUT2D eigenvalue weighted by molar-refractivity contribution is -0.119. The molecule has 0 radical (unpaired) electrons. The number of nitrogens with zero attached hydrogens (tertiary/aromatic N) is 4. The van der Waals surface area contributed by atoms with Gasteiger partial charge in [-0.25, -0.2) is 8.42 Å². The van der Waals surface area contributed by atoms with Gasteiger partial charge in [-0.05, 0) is 18.6 Å². The summed E-state index contributed by atoms with van der Waals surface area (Å²) in [7, 11) is -2.96. The van der Waals surface area contributed by atoms with Crippen molar-refractivity contribution in [2.45, 2.75) is 12.5 Å². The summed E-state index contributed by atoms with van der Waals surface area (Å²) in [5, 5.41) is 10.9. The van der Waals surface area contributed by atoms with E-state index >= 15 is 0 Å². The molecule has 24 heavy (non-hydrogen) atoms. The molecule has 1 aromatic rings. The Morgan fingerprint density at radius 1 is 1.21 bits per heavy atom. The molecule has 2 saturated heterocycles. The van der Waals surface area contributed by atoms with Gasteiger partial charge in [0.15, 0.2) is 15.5 Å². The molecule has 0 saturated carbocycles. The molecule has 1 aromatic heterocycles. The predicted molar refractivity (Wildman–Crippen MR) is 86.3 cm³/mol. The van der Waals surface area contributed by atoms with Crippen molar-refractivity contribution in [3.8, 4) is 0 Å². The third kappa shape index (κ3) is 3.81. The van der Waals surface area contributed by atoms with Gasteiger partial charge in [0.2, 0.25) is 6.41 Å². The number of hydrogen-bond donors (Lipinski definition) is 1. The van der Waals surface area contributed by atoms with Crippen molar-refractivity contribution in [1.82, 2.24) is 20.0 Å². The van der Waals surface area contributed by atoms with Crippen LogP contribution in [-0.2, 0) is 14.6 Å². The number of carbonyl (C=O) groups is 2. The lowest BCUT2D eigenvalue weighted by atomic mass is 10.2. The minimum atomic E-state index is -2.96. The molecule has 2 fully saturated rings. The Hall–Kier alpha value is -2.23. The summed E-state index contributed by atoms with van der Waals surface area (Å²) in [6, 6.07) is 3.04. The quantitative estimate of drug-likeness (QED) is 0.690. The van der Waals surface area contributed by atoms with Crippen molar-refractivity contribution in [1.29, 1.82) is 0 Å². The monoisotopic (exact) mass is 353 g/mol. The molecule has 2 amide bonds. The topological polar surface area (TPSA) is 113 Å². The second-order valence-corrected chi connectivity index (χ2v) is 8.21. The smallest absolute Gasteiger partial charge is 0.274 e. The highest BCUT2D eigenvalue weighted by Gasteiger charge is 2.28. The number of anilines is 1. The van der Waals surface area contributed by atoms with E-state index < -0.39 is 9.84 Å². The number of sulfone groups is 1. The van der Waals surface area contributed by atoms with Crippen molar-refractivity contribution in [3.63, 3.8) is 0 Å². The van der Waals surface area contributed by atoms with Crippen molar-refractivity contribution < 1.29 is 18.0 Å². The van der Waals surface area contributed by atoms with Gasteiger partial charge in [0, 0.05) is 32.2 Å². The maximum Gasteiger partial charge on any atom is 0.274 e. The van der Waals surface area contributed by atoms with Gasteiger partial charge in [0.25, 0.3) is 5.91 Å². The number of nitrogens with one attached hydrogen (secondary N) is 1. The molecule has 1 unspecified atom stereocenters. The first-order chi connectivity index (χ1) is 11.5. The van der Waals surface area contributed by atoms with Crippen LogP contribution in [0.1, 0.15) is 16.9 Å². The number of rotatable bonds is 4. The van der Waals surface area contributed by atoms with Gasteiger partial charge < -0.3 is 15.1 Å². The maximum absolute atomic E-state index is 12.4. The molecule has 2 aliphatic rings. The predicted octanol–water partition coefficient (Wildman–Crippen LogP) is -1.01. The van der Waals surface area contributed by atoms with Crippen molar-refractivity contribution in [2.24, 2.45) is 0 Å². The van der Waals surface area contributed by atoms with E-state index in [1.54, 1.807) is 21.9 Å². The van der Waals surface area contributed by atoms with Crippen molar-refractivity contribution in [3.05, 3.63) is 17.8 Å². The zero-order valence-corrected chi connectivity index (χ0v) is 13.9. The maximum atomic E-state index is 12.4. The lowest BCUT2D eigenvalue weighted by Gasteiger charge is -2.32. The fourth-order valence-corrected chi connectivity index (χ4v) is 4.51. The van der Waals surface area contributed by atoms with Crippen LogP contribution in [0.3, 0.4) is 0 Å². The molecule has 10 heteroatoms. The zero-order valence-electron chi connectivity index (χ0n) is 13.1. The number of aromatic nitrogens is 2. The van der Waals surface area contributed by atoms with E-state index in [-0.39, 0.29) is 29.1 Å². The van der Waals surface area contributed by atoms with E-state index in [2.05, 4.69) is 15.5 Å². The fourth-order valence-electron chi connectivity index (χ4n) is 2.83. The Morgan fingerprint density at radius 2 is 1.96 bits per heavy atom. The number of amides is 2. The molecule has 130 valence electrons. The second-order valence-electron chi connectivity index (χ2n) is 5.98. The van der Waals surface area contributed by atoms with Crippen LogP contribution in [0.15, 0.2) is 12.1 Å². The molecule has 1 N–H and O–H groups in total. The summed E-state index contributed by atoms with van der Waals surface area (Å²) < 4.78 is 22.9. The Bertz CT molecular complexity index is 713. The summed E-state index contributed by atoms with van der Waals surface area (Å²) in [5.74, 6) is 0.514. The minimum Gasteiger partial charge on any atom is -0.365 e. The largest absolute Gasteiger partial charge is 0.365 e. The van der Waals surface area contributed by atoms with Crippen LogP contribution in [0.25, 0.3) is 0 Å². The molecule has 0 bridgehead atoms. The van der Waals surface area contributed by atoms with E-state index in [1.807, 2.05) is 0 Å². The first-order valence-corrected chi connectivity index (χ1v) is 9.58. The van der Waals surface area contributed by atoms with Gasteiger partial charge in [0.1, 0.15) is 5.82 Å². The standard InChI is InChI=1S/C14H19N5O4S/c20-10-18-4-6-19(7-5-18)14(21)12-1-2-13(17-16-12)15-11-3-8-24(22,23)9-11/h1-2,10-11H,3-9H2,(H,15,17). The molecule has 1 atom stereocenters. The summed E-state index contributed by atoms with van der Waals surface area (Å²) >= 11 is 0. The van der Waals surface area contributed by atoms with E-state index in [0.717, 1.165) is 6.41 Å². The van der Waals surface area contributed by atoms with Crippen LogP contribution in [0.5, 0.6) is 0 Å². The highest BCUT2D eigenvalue weighted by atomic mass is 32.2. The summed E-state index contributed by atoms with van der Waals surface area (Å²) in [6.45, 7) is 1.97. The molecule has 0 aliphatic carbocycles. The zero-order chi connectivity index (χ0) is 17.2. The van der Waals surface area contributed by atoms with Crippen LogP contribution >= 0.6 is 0 Å². The summed E-state index contributed by atoms with van der Waals surface area (Å²) in [5.41, 5.74) is 0.235. The average molecular weight is 353 g/mol. The van der Waals surface area contributed by atoms with Crippen molar-refractivity contribution in [2.75, 3.05) is 43.0 Å². The van der Waals surface area contributed by atoms with Crippen LogP contribution < -0.4 is 5.32 Å². The van der Waals surface area contributed by atoms with Crippen LogP contribution in [0.2, 0.25) is 0 Å². The minimum absolute atomic E-state index is 0.0936. The molecular weight excluding hydrogens is 334 g/mol. The molecule has 0 aromatic carbocycles. The van der Waals surface area contributed by atoms with Gasteiger partial charge in [0.05, 0.1) is 11.5 Å². The molecule has 0 spiro atoms. The number of hydrogen-bond acceptors (Lipinski definition) is 7. The molecule has 2 aliphatic heterocycles. The second kappa shape index (κ2) is 6.71. The van der Waals surface area contributed by atoms with E-state index in [9.17, 15) is 18.0 Å². The normalized spacial score (nSPS) is 23.1. The van der Waals surface area contributed by atoms with Crippen LogP contribution in [-0.4, -0.2) is 84.5 Å². The number of carbonyl (C=O) groups excluding carboxylic acids is 2. The Balaban J connectivity index is 1.58. The molecular formula is C14H19N5O4S. The van der Waals surface area contributed by atoms with E-state index in [1.165, 1.54) is 0 Å². The lowest BCUT2D eigenvalue weighted by Crippen LogP contribution is -2.48. The van der Waals surface area contributed by atoms with Gasteiger partial charge >= 0.3 is 0 Å².